The van der Waals surface area contributed by atoms with Crippen LogP contribution in [-0.2, 0) is 4.79 Å². The predicted octanol–water partition coefficient (Wildman–Crippen LogP) is 2.79. The van der Waals surface area contributed by atoms with Crippen LogP contribution < -0.4 is 4.90 Å². The van der Waals surface area contributed by atoms with Crippen LogP contribution >= 0.6 is 0 Å². The van der Waals surface area contributed by atoms with Crippen LogP contribution in [0.15, 0.2) is 18.2 Å². The van der Waals surface area contributed by atoms with E-state index < -0.39 is 5.97 Å². The van der Waals surface area contributed by atoms with Crippen molar-refractivity contribution < 1.29 is 14.7 Å². The lowest BCUT2D eigenvalue weighted by Crippen LogP contribution is -2.49. The molecule has 136 valence electrons. The van der Waals surface area contributed by atoms with Gasteiger partial charge in [0.05, 0.1) is 0 Å². The van der Waals surface area contributed by atoms with Gasteiger partial charge in [-0.05, 0) is 24.5 Å². The molecule has 1 N–H and O–H groups in total. The van der Waals surface area contributed by atoms with E-state index in [4.69, 9.17) is 5.11 Å². The number of carbonyl (C=O) groups is 2. The molecule has 1 aliphatic carbocycles. The summed E-state index contributed by atoms with van der Waals surface area (Å²) < 4.78 is 0. The standard InChI is InChI=1S/C19H27N3O3/c23-18(10-9-15-5-2-1-3-6-15)22-13-11-21(12-14-22)17-8-4-7-16(20-17)19(24)25/h4,7-8,15H,1-3,5-6,9-14H2,(H,24,25). The second kappa shape index (κ2) is 8.32. The largest absolute Gasteiger partial charge is 0.477 e. The number of aromatic nitrogens is 1. The summed E-state index contributed by atoms with van der Waals surface area (Å²) in [5.41, 5.74) is 0.0588. The second-order valence-electron chi connectivity index (χ2n) is 7.10. The summed E-state index contributed by atoms with van der Waals surface area (Å²) in [5.74, 6) is 0.659. The quantitative estimate of drug-likeness (QED) is 0.888. The Kier molecular flexibility index (Phi) is 5.89. The molecule has 0 bridgehead atoms. The van der Waals surface area contributed by atoms with E-state index in [-0.39, 0.29) is 11.6 Å². The lowest BCUT2D eigenvalue weighted by molar-refractivity contribution is -0.131. The van der Waals surface area contributed by atoms with Crippen molar-refractivity contribution in [2.75, 3.05) is 31.1 Å². The highest BCUT2D eigenvalue weighted by Crippen LogP contribution is 2.27. The van der Waals surface area contributed by atoms with E-state index in [0.29, 0.717) is 38.4 Å². The lowest BCUT2D eigenvalue weighted by atomic mass is 9.86. The zero-order chi connectivity index (χ0) is 17.6. The first-order valence-electron chi connectivity index (χ1n) is 9.36. The Labute approximate surface area is 148 Å². The Morgan fingerprint density at radius 3 is 2.48 bits per heavy atom. The summed E-state index contributed by atoms with van der Waals surface area (Å²) in [5, 5.41) is 9.06. The van der Waals surface area contributed by atoms with Crippen LogP contribution in [0.1, 0.15) is 55.4 Å². The minimum Gasteiger partial charge on any atom is -0.477 e. The number of anilines is 1. The zero-order valence-electron chi connectivity index (χ0n) is 14.7. The first-order chi connectivity index (χ1) is 12.1. The maximum Gasteiger partial charge on any atom is 0.354 e. The lowest BCUT2D eigenvalue weighted by Gasteiger charge is -2.35. The van der Waals surface area contributed by atoms with E-state index in [1.807, 2.05) is 11.0 Å². The molecule has 1 aromatic rings. The Bertz CT molecular complexity index is 606. The average Bonchev–Trinajstić information content (AvgIpc) is 2.67. The van der Waals surface area contributed by atoms with Gasteiger partial charge >= 0.3 is 5.97 Å². The first-order valence-corrected chi connectivity index (χ1v) is 9.36. The van der Waals surface area contributed by atoms with Gasteiger partial charge in [0.2, 0.25) is 5.91 Å². The van der Waals surface area contributed by atoms with Crippen molar-refractivity contribution in [2.24, 2.45) is 5.92 Å². The smallest absolute Gasteiger partial charge is 0.354 e. The molecule has 0 aromatic carbocycles. The van der Waals surface area contributed by atoms with E-state index in [1.165, 1.54) is 38.2 Å². The third kappa shape index (κ3) is 4.71. The maximum atomic E-state index is 12.4. The van der Waals surface area contributed by atoms with E-state index in [0.717, 1.165) is 12.3 Å². The van der Waals surface area contributed by atoms with Crippen LogP contribution in [0, 0.1) is 5.92 Å². The number of piperazine rings is 1. The van der Waals surface area contributed by atoms with E-state index >= 15 is 0 Å². The monoisotopic (exact) mass is 345 g/mol. The number of nitrogens with zero attached hydrogens (tertiary/aromatic N) is 3. The number of rotatable bonds is 5. The van der Waals surface area contributed by atoms with Gasteiger partial charge in [-0.25, -0.2) is 9.78 Å². The molecule has 1 aliphatic heterocycles. The average molecular weight is 345 g/mol. The van der Waals surface area contributed by atoms with Crippen molar-refractivity contribution in [3.63, 3.8) is 0 Å². The highest BCUT2D eigenvalue weighted by atomic mass is 16.4. The fraction of sp³-hybridized carbons (Fsp3) is 0.632. The predicted molar refractivity (Wildman–Crippen MR) is 95.8 cm³/mol. The van der Waals surface area contributed by atoms with Gasteiger partial charge in [0.15, 0.2) is 5.69 Å². The SMILES string of the molecule is O=C(O)c1cccc(N2CCN(C(=O)CCC3CCCCC3)CC2)n1. The molecule has 1 amide bonds. The van der Waals surface area contributed by atoms with Crippen molar-refractivity contribution in [2.45, 2.75) is 44.9 Å². The highest BCUT2D eigenvalue weighted by molar-refractivity contribution is 5.85. The van der Waals surface area contributed by atoms with Gasteiger partial charge in [-0.3, -0.25) is 4.79 Å². The van der Waals surface area contributed by atoms with Crippen molar-refractivity contribution in [3.8, 4) is 0 Å². The molecule has 2 heterocycles. The van der Waals surface area contributed by atoms with Crippen molar-refractivity contribution in [1.82, 2.24) is 9.88 Å². The summed E-state index contributed by atoms with van der Waals surface area (Å²) in [6, 6.07) is 5.04. The zero-order valence-corrected chi connectivity index (χ0v) is 14.7. The summed E-state index contributed by atoms with van der Waals surface area (Å²) in [6.45, 7) is 2.77. The normalized spacial score (nSPS) is 19.0. The van der Waals surface area contributed by atoms with E-state index in [2.05, 4.69) is 9.88 Å². The van der Waals surface area contributed by atoms with Gasteiger partial charge in [0, 0.05) is 32.6 Å². The molecular weight excluding hydrogens is 318 g/mol. The first kappa shape index (κ1) is 17.7. The topological polar surface area (TPSA) is 73.7 Å². The van der Waals surface area contributed by atoms with Crippen LogP contribution in [0.5, 0.6) is 0 Å². The van der Waals surface area contributed by atoms with Crippen LogP contribution in [0.3, 0.4) is 0 Å². The molecule has 25 heavy (non-hydrogen) atoms. The number of carbonyl (C=O) groups excluding carboxylic acids is 1. The number of hydrogen-bond donors (Lipinski definition) is 1. The Morgan fingerprint density at radius 1 is 1.08 bits per heavy atom. The van der Waals surface area contributed by atoms with Gasteiger partial charge in [0.1, 0.15) is 5.82 Å². The molecule has 2 aliphatic rings. The number of hydrogen-bond acceptors (Lipinski definition) is 4. The third-order valence-corrected chi connectivity index (χ3v) is 5.40. The molecule has 1 saturated carbocycles. The van der Waals surface area contributed by atoms with Gasteiger partial charge in [-0.2, -0.15) is 0 Å². The number of pyridine rings is 1. The van der Waals surface area contributed by atoms with Crippen LogP contribution in [0.4, 0.5) is 5.82 Å². The molecule has 6 nitrogen and oxygen atoms in total. The molecule has 2 fully saturated rings. The highest BCUT2D eigenvalue weighted by Gasteiger charge is 2.23. The maximum absolute atomic E-state index is 12.4. The fourth-order valence-corrected chi connectivity index (χ4v) is 3.86. The van der Waals surface area contributed by atoms with Gasteiger partial charge in [-0.1, -0.05) is 38.2 Å². The van der Waals surface area contributed by atoms with Crippen LogP contribution in [-0.4, -0.2) is 53.0 Å². The minimum absolute atomic E-state index is 0.0588. The molecule has 0 spiro atoms. The van der Waals surface area contributed by atoms with Gasteiger partial charge in [-0.15, -0.1) is 0 Å². The number of amides is 1. The number of aromatic carboxylic acids is 1. The summed E-state index contributed by atoms with van der Waals surface area (Å²) >= 11 is 0. The Hall–Kier alpha value is -2.11. The summed E-state index contributed by atoms with van der Waals surface area (Å²) in [7, 11) is 0. The third-order valence-electron chi connectivity index (χ3n) is 5.40. The van der Waals surface area contributed by atoms with Gasteiger partial charge < -0.3 is 14.9 Å². The molecule has 0 atom stereocenters. The molecule has 6 heteroatoms. The van der Waals surface area contributed by atoms with Crippen LogP contribution in [0.2, 0.25) is 0 Å². The van der Waals surface area contributed by atoms with Crippen molar-refractivity contribution in [3.05, 3.63) is 23.9 Å². The van der Waals surface area contributed by atoms with Crippen LogP contribution in [0.25, 0.3) is 0 Å². The Morgan fingerprint density at radius 2 is 1.80 bits per heavy atom. The fourth-order valence-electron chi connectivity index (χ4n) is 3.86. The number of carboxylic acids is 1. The molecule has 1 saturated heterocycles. The Balaban J connectivity index is 1.47. The summed E-state index contributed by atoms with van der Waals surface area (Å²) in [4.78, 5) is 31.7. The summed E-state index contributed by atoms with van der Waals surface area (Å²) in [6.07, 6.45) is 8.25. The van der Waals surface area contributed by atoms with Gasteiger partial charge in [0.25, 0.3) is 0 Å². The molecule has 1 aromatic heterocycles. The minimum atomic E-state index is -1.02. The number of carboxylic acid groups (broad SMARTS) is 1. The molecule has 0 radical (unpaired) electrons. The van der Waals surface area contributed by atoms with E-state index in [1.54, 1.807) is 6.07 Å². The van der Waals surface area contributed by atoms with Crippen molar-refractivity contribution in [1.29, 1.82) is 0 Å². The molecule has 0 unspecified atom stereocenters. The van der Waals surface area contributed by atoms with E-state index in [9.17, 15) is 9.59 Å². The molecule has 3 rings (SSSR count). The second-order valence-corrected chi connectivity index (χ2v) is 7.10. The van der Waals surface area contributed by atoms with Crippen molar-refractivity contribution >= 4 is 17.7 Å². The molecular formula is C19H27N3O3.